The van der Waals surface area contributed by atoms with Gasteiger partial charge >= 0.3 is 0 Å². The molecule has 32 heavy (non-hydrogen) atoms. The maximum atomic E-state index is 12.8. The number of carbonyl (C=O) groups is 2. The van der Waals surface area contributed by atoms with Gasteiger partial charge in [-0.25, -0.2) is 4.98 Å². The third kappa shape index (κ3) is 6.59. The summed E-state index contributed by atoms with van der Waals surface area (Å²) in [7, 11) is 0. The van der Waals surface area contributed by atoms with Crippen molar-refractivity contribution in [3.63, 3.8) is 0 Å². The van der Waals surface area contributed by atoms with E-state index in [1.807, 2.05) is 58.0 Å². The molecule has 0 atom stereocenters. The predicted octanol–water partition coefficient (Wildman–Crippen LogP) is 5.36. The van der Waals surface area contributed by atoms with Crippen LogP contribution in [0.25, 0.3) is 0 Å². The van der Waals surface area contributed by atoms with Crippen LogP contribution in [0.15, 0.2) is 65.7 Å². The highest BCUT2D eigenvalue weighted by atomic mass is 32.2. The molecule has 0 radical (unpaired) electrons. The zero-order valence-corrected chi connectivity index (χ0v) is 19.5. The molecule has 3 aromatic rings. The van der Waals surface area contributed by atoms with Crippen LogP contribution in [0.5, 0.6) is 11.6 Å². The number of aryl methyl sites for hydroxylation is 2. The van der Waals surface area contributed by atoms with Crippen LogP contribution >= 0.6 is 11.8 Å². The first kappa shape index (κ1) is 23.3. The molecule has 0 aliphatic carbocycles. The maximum Gasteiger partial charge on any atom is 0.256 e. The Labute approximate surface area is 192 Å². The van der Waals surface area contributed by atoms with E-state index < -0.39 is 0 Å². The van der Waals surface area contributed by atoms with Gasteiger partial charge in [-0.05, 0) is 69.2 Å². The summed E-state index contributed by atoms with van der Waals surface area (Å²) in [4.78, 5) is 29.8. The second-order valence-electron chi connectivity index (χ2n) is 7.69. The zero-order chi connectivity index (χ0) is 23.1. The third-order valence-electron chi connectivity index (χ3n) is 4.64. The summed E-state index contributed by atoms with van der Waals surface area (Å²) in [6.45, 7) is 7.90. The van der Waals surface area contributed by atoms with Crippen LogP contribution in [0.2, 0.25) is 0 Å². The minimum Gasteiger partial charge on any atom is -0.439 e. The summed E-state index contributed by atoms with van der Waals surface area (Å²) in [5, 5.41) is 5.70. The van der Waals surface area contributed by atoms with Gasteiger partial charge in [0.25, 0.3) is 5.91 Å². The second kappa shape index (κ2) is 10.8. The van der Waals surface area contributed by atoms with Gasteiger partial charge in [-0.2, -0.15) is 0 Å². The number of benzene rings is 2. The molecule has 1 heterocycles. The van der Waals surface area contributed by atoms with E-state index in [4.69, 9.17) is 4.74 Å². The molecule has 0 aliphatic heterocycles. The van der Waals surface area contributed by atoms with Crippen molar-refractivity contribution in [2.24, 2.45) is 0 Å². The monoisotopic (exact) mass is 449 g/mol. The Hall–Kier alpha value is -3.32. The van der Waals surface area contributed by atoms with Crippen LogP contribution in [-0.2, 0) is 4.79 Å². The Morgan fingerprint density at radius 3 is 2.50 bits per heavy atom. The van der Waals surface area contributed by atoms with E-state index >= 15 is 0 Å². The topological polar surface area (TPSA) is 80.3 Å². The molecule has 0 unspecified atom stereocenters. The van der Waals surface area contributed by atoms with Crippen molar-refractivity contribution < 1.29 is 14.3 Å². The van der Waals surface area contributed by atoms with Crippen LogP contribution < -0.4 is 15.4 Å². The van der Waals surface area contributed by atoms with E-state index in [2.05, 4.69) is 15.6 Å². The van der Waals surface area contributed by atoms with Gasteiger partial charge in [-0.3, -0.25) is 9.59 Å². The predicted molar refractivity (Wildman–Crippen MR) is 129 cm³/mol. The summed E-state index contributed by atoms with van der Waals surface area (Å²) in [5.74, 6) is 1.07. The molecule has 0 aliphatic rings. The van der Waals surface area contributed by atoms with Gasteiger partial charge in [0.05, 0.1) is 23.2 Å². The number of hydrogen-bond acceptors (Lipinski definition) is 5. The molecule has 3 rings (SSSR count). The Morgan fingerprint density at radius 1 is 1.03 bits per heavy atom. The van der Waals surface area contributed by atoms with E-state index in [0.717, 1.165) is 10.5 Å². The molecule has 7 heteroatoms. The lowest BCUT2D eigenvalue weighted by molar-refractivity contribution is -0.119. The molecular weight excluding hydrogens is 422 g/mol. The van der Waals surface area contributed by atoms with Gasteiger partial charge < -0.3 is 15.4 Å². The van der Waals surface area contributed by atoms with Crippen molar-refractivity contribution in [3.05, 3.63) is 77.5 Å². The number of amides is 2. The summed E-state index contributed by atoms with van der Waals surface area (Å²) >= 11 is 1.33. The van der Waals surface area contributed by atoms with Crippen molar-refractivity contribution in [2.75, 3.05) is 11.1 Å². The van der Waals surface area contributed by atoms with Crippen molar-refractivity contribution in [2.45, 2.75) is 38.6 Å². The zero-order valence-electron chi connectivity index (χ0n) is 18.6. The molecule has 0 fully saturated rings. The number of pyridine rings is 1. The molecule has 2 N–H and O–H groups in total. The highest BCUT2D eigenvalue weighted by Gasteiger charge is 2.14. The Bertz CT molecular complexity index is 1100. The van der Waals surface area contributed by atoms with Gasteiger partial charge in [0.2, 0.25) is 11.8 Å². The number of ether oxygens (including phenoxy) is 1. The molecular formula is C25H27N3O3S. The third-order valence-corrected chi connectivity index (χ3v) is 5.71. The van der Waals surface area contributed by atoms with Crippen molar-refractivity contribution in [1.82, 2.24) is 10.3 Å². The molecule has 1 aromatic heterocycles. The number of anilines is 1. The Balaban J connectivity index is 1.63. The number of carbonyl (C=O) groups excluding carboxylic acids is 2. The normalized spacial score (nSPS) is 10.7. The van der Waals surface area contributed by atoms with Crippen LogP contribution in [0.1, 0.15) is 35.3 Å². The fourth-order valence-electron chi connectivity index (χ4n) is 2.90. The summed E-state index contributed by atoms with van der Waals surface area (Å²) in [6.07, 6.45) is 1.56. The SMILES string of the molecule is Cc1ccc(Oc2ccc(NC(=O)c3ccccc3SCC(=O)NC(C)C)cn2)cc1C. The minimum atomic E-state index is -0.262. The lowest BCUT2D eigenvalue weighted by Gasteiger charge is -2.11. The fraction of sp³-hybridized carbons (Fsp3) is 0.240. The summed E-state index contributed by atoms with van der Waals surface area (Å²) < 4.78 is 5.79. The van der Waals surface area contributed by atoms with Crippen LogP contribution in [-0.4, -0.2) is 28.6 Å². The second-order valence-corrected chi connectivity index (χ2v) is 8.71. The smallest absolute Gasteiger partial charge is 0.256 e. The van der Waals surface area contributed by atoms with Gasteiger partial charge in [0.1, 0.15) is 5.75 Å². The number of hydrogen-bond donors (Lipinski definition) is 2. The van der Waals surface area contributed by atoms with Gasteiger partial charge in [-0.15, -0.1) is 11.8 Å². The summed E-state index contributed by atoms with van der Waals surface area (Å²) in [5.41, 5.74) is 3.40. The van der Waals surface area contributed by atoms with Crippen molar-refractivity contribution in [1.29, 1.82) is 0 Å². The standard InChI is InChI=1S/C25H27N3O3S/c1-16(2)27-23(29)15-32-22-8-6-5-7-21(22)25(30)28-19-10-12-24(26-14-19)31-20-11-9-17(3)18(4)13-20/h5-14,16H,15H2,1-4H3,(H,27,29)(H,28,30). The number of nitrogens with zero attached hydrogens (tertiary/aromatic N) is 1. The van der Waals surface area contributed by atoms with E-state index in [0.29, 0.717) is 22.9 Å². The number of aromatic nitrogens is 1. The lowest BCUT2D eigenvalue weighted by Crippen LogP contribution is -2.31. The lowest BCUT2D eigenvalue weighted by atomic mass is 10.1. The minimum absolute atomic E-state index is 0.0660. The Morgan fingerprint density at radius 2 is 1.81 bits per heavy atom. The summed E-state index contributed by atoms with van der Waals surface area (Å²) in [6, 6.07) is 16.6. The van der Waals surface area contributed by atoms with Gasteiger partial charge in [0, 0.05) is 17.0 Å². The molecule has 0 saturated heterocycles. The van der Waals surface area contributed by atoms with Gasteiger partial charge in [-0.1, -0.05) is 18.2 Å². The van der Waals surface area contributed by atoms with Gasteiger partial charge in [0.15, 0.2) is 0 Å². The van der Waals surface area contributed by atoms with Crippen molar-refractivity contribution in [3.8, 4) is 11.6 Å². The first-order valence-electron chi connectivity index (χ1n) is 10.4. The van der Waals surface area contributed by atoms with E-state index in [1.165, 1.54) is 17.3 Å². The molecule has 166 valence electrons. The number of nitrogens with one attached hydrogen (secondary N) is 2. The highest BCUT2D eigenvalue weighted by Crippen LogP contribution is 2.25. The molecule has 6 nitrogen and oxygen atoms in total. The number of rotatable bonds is 8. The first-order chi connectivity index (χ1) is 15.3. The van der Waals surface area contributed by atoms with Crippen LogP contribution in [0.3, 0.4) is 0 Å². The fourth-order valence-corrected chi connectivity index (χ4v) is 3.76. The Kier molecular flexibility index (Phi) is 7.89. The molecule has 0 spiro atoms. The average molecular weight is 450 g/mol. The van der Waals surface area contributed by atoms with E-state index in [9.17, 15) is 9.59 Å². The maximum absolute atomic E-state index is 12.8. The number of thioether (sulfide) groups is 1. The molecule has 0 bridgehead atoms. The molecule has 2 amide bonds. The molecule has 2 aromatic carbocycles. The average Bonchev–Trinajstić information content (AvgIpc) is 2.76. The van der Waals surface area contributed by atoms with E-state index in [-0.39, 0.29) is 23.6 Å². The van der Waals surface area contributed by atoms with Crippen molar-refractivity contribution >= 4 is 29.3 Å². The highest BCUT2D eigenvalue weighted by molar-refractivity contribution is 8.00. The quantitative estimate of drug-likeness (QED) is 0.453. The van der Waals surface area contributed by atoms with Crippen LogP contribution in [0, 0.1) is 13.8 Å². The molecule has 0 saturated carbocycles. The van der Waals surface area contributed by atoms with E-state index in [1.54, 1.807) is 30.5 Å². The van der Waals surface area contributed by atoms with Crippen LogP contribution in [0.4, 0.5) is 5.69 Å². The largest absolute Gasteiger partial charge is 0.439 e. The first-order valence-corrected chi connectivity index (χ1v) is 11.3.